The van der Waals surface area contributed by atoms with E-state index in [0.717, 1.165) is 17.1 Å². The molecule has 0 saturated heterocycles. The third kappa shape index (κ3) is 2.77. The minimum atomic E-state index is -0.313. The summed E-state index contributed by atoms with van der Waals surface area (Å²) in [6, 6.07) is 41.6. The largest absolute Gasteiger partial charge is 0.456 e. The van der Waals surface area contributed by atoms with Crippen molar-refractivity contribution in [2.75, 3.05) is 0 Å². The minimum absolute atomic E-state index is 0.00188. The molecule has 36 heavy (non-hydrogen) atoms. The van der Waals surface area contributed by atoms with Gasteiger partial charge in [0.15, 0.2) is 0 Å². The molecular weight excluding hydrogens is 436 g/mol. The lowest BCUT2D eigenvalue weighted by atomic mass is 9.68. The highest BCUT2D eigenvalue weighted by Gasteiger charge is 2.41. The number of hydrogen-bond acceptors (Lipinski definition) is 1. The predicted octanol–water partition coefficient (Wildman–Crippen LogP) is 9.12. The zero-order valence-electron chi connectivity index (χ0n) is 20.9. The van der Waals surface area contributed by atoms with E-state index in [-0.39, 0.29) is 10.8 Å². The van der Waals surface area contributed by atoms with Crippen molar-refractivity contribution in [2.24, 2.45) is 0 Å². The molecule has 0 N–H and O–H groups in total. The standard InChI is InChI=1S/C35H28O/c1-34(2)28-16-8-7-14-26(28)27-22-23(20-21-29(27)34)25-15-11-18-31-33(25)36-32-19-10-9-17-30(32)35(31,3)24-12-5-4-6-13-24/h4-22H,1-3H3. The summed E-state index contributed by atoms with van der Waals surface area (Å²) in [7, 11) is 0. The SMILES string of the molecule is CC1(C)c2ccccc2-c2cc(-c3cccc4c3Oc3ccccc3C4(C)c3ccccc3)ccc21. The Morgan fingerprint density at radius 3 is 1.97 bits per heavy atom. The fourth-order valence-corrected chi connectivity index (χ4v) is 6.46. The average Bonchev–Trinajstić information content (AvgIpc) is 3.15. The second-order valence-corrected chi connectivity index (χ2v) is 10.7. The van der Waals surface area contributed by atoms with Crippen LogP contribution in [0, 0.1) is 0 Å². The van der Waals surface area contributed by atoms with E-state index in [0.29, 0.717) is 0 Å². The maximum atomic E-state index is 6.71. The summed E-state index contributed by atoms with van der Waals surface area (Å²) in [5.74, 6) is 1.88. The van der Waals surface area contributed by atoms with Crippen molar-refractivity contribution in [3.05, 3.63) is 143 Å². The van der Waals surface area contributed by atoms with E-state index in [9.17, 15) is 0 Å². The van der Waals surface area contributed by atoms with Gasteiger partial charge in [0, 0.05) is 27.5 Å². The second kappa shape index (κ2) is 7.45. The minimum Gasteiger partial charge on any atom is -0.456 e. The van der Waals surface area contributed by atoms with Crippen molar-refractivity contribution < 1.29 is 4.74 Å². The number of para-hydroxylation sites is 2. The highest BCUT2D eigenvalue weighted by Crippen LogP contribution is 2.55. The first kappa shape index (κ1) is 21.2. The van der Waals surface area contributed by atoms with Gasteiger partial charge in [0.25, 0.3) is 0 Å². The summed E-state index contributed by atoms with van der Waals surface area (Å²) < 4.78 is 6.71. The highest BCUT2D eigenvalue weighted by molar-refractivity contribution is 5.86. The van der Waals surface area contributed by atoms with E-state index in [1.165, 1.54) is 44.5 Å². The van der Waals surface area contributed by atoms with Crippen LogP contribution in [0.1, 0.15) is 48.6 Å². The lowest BCUT2D eigenvalue weighted by Crippen LogP contribution is -2.29. The number of benzene rings is 5. The second-order valence-electron chi connectivity index (χ2n) is 10.7. The van der Waals surface area contributed by atoms with Gasteiger partial charge in [-0.2, -0.15) is 0 Å². The fourth-order valence-electron chi connectivity index (χ4n) is 6.46. The summed E-state index contributed by atoms with van der Waals surface area (Å²) in [4.78, 5) is 0. The normalized spacial score (nSPS) is 18.4. The first-order valence-corrected chi connectivity index (χ1v) is 12.7. The fraction of sp³-hybridized carbons (Fsp3) is 0.143. The molecule has 0 saturated carbocycles. The summed E-state index contributed by atoms with van der Waals surface area (Å²) in [6.45, 7) is 6.98. The molecule has 1 aliphatic heterocycles. The van der Waals surface area contributed by atoms with Gasteiger partial charge in [0.1, 0.15) is 11.5 Å². The van der Waals surface area contributed by atoms with Crippen LogP contribution in [0.5, 0.6) is 11.5 Å². The molecule has 2 aliphatic rings. The Morgan fingerprint density at radius 2 is 1.14 bits per heavy atom. The van der Waals surface area contributed by atoms with E-state index in [1.54, 1.807) is 0 Å². The van der Waals surface area contributed by atoms with Crippen molar-refractivity contribution in [3.8, 4) is 33.8 Å². The molecule has 0 spiro atoms. The first-order valence-electron chi connectivity index (χ1n) is 12.7. The maximum Gasteiger partial charge on any atom is 0.139 e. The van der Waals surface area contributed by atoms with E-state index in [1.807, 2.05) is 0 Å². The molecule has 1 heteroatoms. The Kier molecular flexibility index (Phi) is 4.39. The Hall–Kier alpha value is -4.10. The van der Waals surface area contributed by atoms with Gasteiger partial charge in [-0.3, -0.25) is 0 Å². The van der Waals surface area contributed by atoms with Crippen molar-refractivity contribution in [2.45, 2.75) is 31.6 Å². The molecule has 0 aromatic heterocycles. The van der Waals surface area contributed by atoms with E-state index >= 15 is 0 Å². The first-order chi connectivity index (χ1) is 17.5. The molecule has 0 radical (unpaired) electrons. The van der Waals surface area contributed by atoms with Gasteiger partial charge in [-0.05, 0) is 52.4 Å². The third-order valence-electron chi connectivity index (χ3n) is 8.44. The van der Waals surface area contributed by atoms with Crippen molar-refractivity contribution in [1.82, 2.24) is 0 Å². The molecule has 1 nitrogen and oxygen atoms in total. The smallest absolute Gasteiger partial charge is 0.139 e. The van der Waals surface area contributed by atoms with Crippen LogP contribution in [-0.2, 0) is 10.8 Å². The van der Waals surface area contributed by atoms with Crippen molar-refractivity contribution >= 4 is 0 Å². The lowest BCUT2D eigenvalue weighted by Gasteiger charge is -2.38. The van der Waals surface area contributed by atoms with Gasteiger partial charge in [-0.1, -0.05) is 117 Å². The van der Waals surface area contributed by atoms with Crippen LogP contribution in [0.25, 0.3) is 22.3 Å². The predicted molar refractivity (Wildman–Crippen MR) is 148 cm³/mol. The Bertz CT molecular complexity index is 1640. The van der Waals surface area contributed by atoms with Gasteiger partial charge in [-0.25, -0.2) is 0 Å². The zero-order chi connectivity index (χ0) is 24.5. The maximum absolute atomic E-state index is 6.71. The Labute approximate surface area is 213 Å². The van der Waals surface area contributed by atoms with Crippen LogP contribution in [-0.4, -0.2) is 0 Å². The lowest BCUT2D eigenvalue weighted by molar-refractivity contribution is 0.429. The van der Waals surface area contributed by atoms with Crippen molar-refractivity contribution in [1.29, 1.82) is 0 Å². The van der Waals surface area contributed by atoms with E-state index in [4.69, 9.17) is 4.74 Å². The molecule has 0 fully saturated rings. The number of rotatable bonds is 2. The van der Waals surface area contributed by atoms with Gasteiger partial charge in [0.05, 0.1) is 0 Å². The molecule has 5 aromatic carbocycles. The quantitative estimate of drug-likeness (QED) is 0.253. The summed E-state index contributed by atoms with van der Waals surface area (Å²) >= 11 is 0. The van der Waals surface area contributed by atoms with Crippen molar-refractivity contribution in [3.63, 3.8) is 0 Å². The van der Waals surface area contributed by atoms with Crippen LogP contribution in [0.3, 0.4) is 0 Å². The Morgan fingerprint density at radius 1 is 0.500 bits per heavy atom. The van der Waals surface area contributed by atoms with Crippen LogP contribution < -0.4 is 4.74 Å². The van der Waals surface area contributed by atoms with Crippen LogP contribution in [0.15, 0.2) is 115 Å². The summed E-state index contributed by atoms with van der Waals surface area (Å²) in [5, 5.41) is 0. The molecule has 0 amide bonds. The Balaban J connectivity index is 1.46. The molecule has 0 bridgehead atoms. The molecule has 174 valence electrons. The monoisotopic (exact) mass is 464 g/mol. The van der Waals surface area contributed by atoms with E-state index in [2.05, 4.69) is 136 Å². The molecule has 1 unspecified atom stereocenters. The molecule has 7 rings (SSSR count). The van der Waals surface area contributed by atoms with Crippen LogP contribution in [0.4, 0.5) is 0 Å². The summed E-state index contributed by atoms with van der Waals surface area (Å²) in [6.07, 6.45) is 0. The van der Waals surface area contributed by atoms with Gasteiger partial charge in [-0.15, -0.1) is 0 Å². The van der Waals surface area contributed by atoms with Gasteiger partial charge < -0.3 is 4.74 Å². The molecular formula is C35H28O. The zero-order valence-corrected chi connectivity index (χ0v) is 20.9. The third-order valence-corrected chi connectivity index (χ3v) is 8.44. The van der Waals surface area contributed by atoms with E-state index < -0.39 is 0 Å². The molecule has 1 atom stereocenters. The van der Waals surface area contributed by atoms with Gasteiger partial charge >= 0.3 is 0 Å². The van der Waals surface area contributed by atoms with Crippen LogP contribution in [0.2, 0.25) is 0 Å². The molecule has 1 heterocycles. The van der Waals surface area contributed by atoms with Crippen LogP contribution >= 0.6 is 0 Å². The molecule has 5 aromatic rings. The topological polar surface area (TPSA) is 9.23 Å². The number of ether oxygens (including phenoxy) is 1. The molecule has 1 aliphatic carbocycles. The number of fused-ring (bicyclic) bond motifs is 5. The van der Waals surface area contributed by atoms with Gasteiger partial charge in [0.2, 0.25) is 0 Å². The average molecular weight is 465 g/mol. The highest BCUT2D eigenvalue weighted by atomic mass is 16.5. The number of hydrogen-bond donors (Lipinski definition) is 0. The summed E-state index contributed by atoms with van der Waals surface area (Å²) in [5.41, 5.74) is 11.1.